The van der Waals surface area contributed by atoms with Crippen LogP contribution in [0.25, 0.3) is 0 Å². The predicted octanol–water partition coefficient (Wildman–Crippen LogP) is 0.0763. The molecule has 1 aromatic heterocycles. The summed E-state index contributed by atoms with van der Waals surface area (Å²) >= 11 is 0. The highest BCUT2D eigenvalue weighted by atomic mass is 16.5. The van der Waals surface area contributed by atoms with Gasteiger partial charge in [-0.25, -0.2) is 0 Å². The van der Waals surface area contributed by atoms with Gasteiger partial charge in [-0.05, 0) is 26.3 Å². The number of hydrogen-bond donors (Lipinski definition) is 1. The fraction of sp³-hybridized carbons (Fsp3) is 0.846. The second-order valence-corrected chi connectivity index (χ2v) is 5.60. The number of nitrogens with zero attached hydrogens (tertiary/aromatic N) is 4. The summed E-state index contributed by atoms with van der Waals surface area (Å²) in [6.45, 7) is 6.81. The molecule has 0 spiro atoms. The Morgan fingerprint density at radius 2 is 2.32 bits per heavy atom. The summed E-state index contributed by atoms with van der Waals surface area (Å²) in [5.74, 6) is 1.93. The van der Waals surface area contributed by atoms with Gasteiger partial charge in [-0.15, -0.1) is 10.2 Å². The van der Waals surface area contributed by atoms with Crippen molar-refractivity contribution in [3.8, 4) is 0 Å². The number of rotatable bonds is 4. The molecule has 0 aromatic carbocycles. The summed E-state index contributed by atoms with van der Waals surface area (Å²) in [6.07, 6.45) is 2.94. The van der Waals surface area contributed by atoms with Gasteiger partial charge in [0.25, 0.3) is 0 Å². The van der Waals surface area contributed by atoms with Crippen LogP contribution in [-0.4, -0.2) is 58.1 Å². The van der Waals surface area contributed by atoms with E-state index in [2.05, 4.69) is 20.4 Å². The third kappa shape index (κ3) is 2.80. The van der Waals surface area contributed by atoms with E-state index in [0.717, 1.165) is 37.9 Å². The van der Waals surface area contributed by atoms with Crippen LogP contribution in [0.1, 0.15) is 24.5 Å². The van der Waals surface area contributed by atoms with Crippen molar-refractivity contribution < 1.29 is 4.74 Å². The molecule has 2 atom stereocenters. The van der Waals surface area contributed by atoms with E-state index in [4.69, 9.17) is 4.74 Å². The molecule has 2 saturated heterocycles. The molecule has 2 unspecified atom stereocenters. The van der Waals surface area contributed by atoms with Crippen molar-refractivity contribution in [2.24, 2.45) is 7.05 Å². The smallest absolute Gasteiger partial charge is 0.146 e. The van der Waals surface area contributed by atoms with Crippen LogP contribution in [0.15, 0.2) is 0 Å². The van der Waals surface area contributed by atoms with Gasteiger partial charge in [-0.2, -0.15) is 0 Å². The highest BCUT2D eigenvalue weighted by Crippen LogP contribution is 2.22. The monoisotopic (exact) mass is 265 g/mol. The van der Waals surface area contributed by atoms with E-state index in [1.165, 1.54) is 19.4 Å². The van der Waals surface area contributed by atoms with Crippen molar-refractivity contribution in [3.05, 3.63) is 11.6 Å². The third-order valence-corrected chi connectivity index (χ3v) is 4.30. The van der Waals surface area contributed by atoms with Crippen molar-refractivity contribution >= 4 is 0 Å². The van der Waals surface area contributed by atoms with Crippen molar-refractivity contribution in [2.45, 2.75) is 38.5 Å². The lowest BCUT2D eigenvalue weighted by Crippen LogP contribution is -2.49. The van der Waals surface area contributed by atoms with Crippen LogP contribution >= 0.6 is 0 Å². The molecule has 2 aliphatic rings. The van der Waals surface area contributed by atoms with Crippen molar-refractivity contribution in [1.82, 2.24) is 25.0 Å². The SMILES string of the molecule is Cc1nnc(CNCC2CN3CCCC3CO2)n1C. The maximum atomic E-state index is 5.92. The number of hydrogen-bond acceptors (Lipinski definition) is 5. The van der Waals surface area contributed by atoms with Crippen molar-refractivity contribution in [1.29, 1.82) is 0 Å². The second-order valence-electron chi connectivity index (χ2n) is 5.60. The Labute approximate surface area is 114 Å². The molecule has 19 heavy (non-hydrogen) atoms. The first-order valence-electron chi connectivity index (χ1n) is 7.15. The molecule has 0 bridgehead atoms. The van der Waals surface area contributed by atoms with Gasteiger partial charge in [0.05, 0.1) is 19.3 Å². The van der Waals surface area contributed by atoms with Crippen molar-refractivity contribution in [2.75, 3.05) is 26.2 Å². The molecule has 1 N–H and O–H groups in total. The van der Waals surface area contributed by atoms with Gasteiger partial charge in [-0.1, -0.05) is 0 Å². The van der Waals surface area contributed by atoms with Gasteiger partial charge in [0, 0.05) is 26.2 Å². The minimum atomic E-state index is 0.309. The van der Waals surface area contributed by atoms with Crippen molar-refractivity contribution in [3.63, 3.8) is 0 Å². The maximum Gasteiger partial charge on any atom is 0.146 e. The van der Waals surface area contributed by atoms with E-state index in [1.807, 2.05) is 18.5 Å². The molecule has 6 heteroatoms. The number of aryl methyl sites for hydroxylation is 1. The first-order valence-corrected chi connectivity index (χ1v) is 7.15. The van der Waals surface area contributed by atoms with E-state index in [1.54, 1.807) is 0 Å². The Bertz CT molecular complexity index is 433. The fourth-order valence-corrected chi connectivity index (χ4v) is 2.96. The van der Waals surface area contributed by atoms with Gasteiger partial charge in [-0.3, -0.25) is 4.90 Å². The molecule has 6 nitrogen and oxygen atoms in total. The standard InChI is InChI=1S/C13H23N5O/c1-10-15-16-13(17(10)2)7-14-6-12-8-18-5-3-4-11(18)9-19-12/h11-12,14H,3-9H2,1-2H3. The van der Waals surface area contributed by atoms with E-state index in [-0.39, 0.29) is 0 Å². The molecule has 106 valence electrons. The van der Waals surface area contributed by atoms with Crippen LogP contribution in [0.4, 0.5) is 0 Å². The third-order valence-electron chi connectivity index (χ3n) is 4.30. The number of fused-ring (bicyclic) bond motifs is 1. The van der Waals surface area contributed by atoms with E-state index >= 15 is 0 Å². The molecular weight excluding hydrogens is 242 g/mol. The lowest BCUT2D eigenvalue weighted by atomic mass is 10.2. The Hall–Kier alpha value is -0.980. The number of ether oxygens (including phenoxy) is 1. The van der Waals surface area contributed by atoms with E-state index in [9.17, 15) is 0 Å². The molecule has 3 rings (SSSR count). The van der Waals surface area contributed by atoms with Gasteiger partial charge in [0.2, 0.25) is 0 Å². The molecule has 0 saturated carbocycles. The Kier molecular flexibility index (Phi) is 3.81. The zero-order chi connectivity index (χ0) is 13.2. The molecular formula is C13H23N5O. The highest BCUT2D eigenvalue weighted by molar-refractivity contribution is 4.92. The van der Waals surface area contributed by atoms with Gasteiger partial charge >= 0.3 is 0 Å². The highest BCUT2D eigenvalue weighted by Gasteiger charge is 2.31. The summed E-state index contributed by atoms with van der Waals surface area (Å²) in [4.78, 5) is 2.57. The second kappa shape index (κ2) is 5.56. The Morgan fingerprint density at radius 3 is 3.11 bits per heavy atom. The maximum absolute atomic E-state index is 5.92. The van der Waals surface area contributed by atoms with Gasteiger partial charge in [0.1, 0.15) is 11.6 Å². The summed E-state index contributed by atoms with van der Waals surface area (Å²) in [7, 11) is 2.00. The van der Waals surface area contributed by atoms with Crippen LogP contribution in [0, 0.1) is 6.92 Å². The fourth-order valence-electron chi connectivity index (χ4n) is 2.96. The lowest BCUT2D eigenvalue weighted by Gasteiger charge is -2.35. The van der Waals surface area contributed by atoms with Crippen LogP contribution in [-0.2, 0) is 18.3 Å². The zero-order valence-corrected chi connectivity index (χ0v) is 11.8. The largest absolute Gasteiger partial charge is 0.374 e. The number of morpholine rings is 1. The lowest BCUT2D eigenvalue weighted by molar-refractivity contribution is -0.0471. The normalized spacial score (nSPS) is 27.7. The first kappa shape index (κ1) is 13.0. The average Bonchev–Trinajstić information content (AvgIpc) is 2.99. The van der Waals surface area contributed by atoms with Gasteiger partial charge in [0.15, 0.2) is 0 Å². The number of aromatic nitrogens is 3. The molecule has 2 fully saturated rings. The zero-order valence-electron chi connectivity index (χ0n) is 11.8. The minimum Gasteiger partial charge on any atom is -0.374 e. The predicted molar refractivity (Wildman–Crippen MR) is 71.8 cm³/mol. The summed E-state index contributed by atoms with van der Waals surface area (Å²) in [5.41, 5.74) is 0. The van der Waals surface area contributed by atoms with E-state index in [0.29, 0.717) is 12.1 Å². The first-order chi connectivity index (χ1) is 9.24. The molecule has 3 heterocycles. The molecule has 1 aromatic rings. The number of nitrogens with one attached hydrogen (secondary N) is 1. The average molecular weight is 265 g/mol. The quantitative estimate of drug-likeness (QED) is 0.835. The topological polar surface area (TPSA) is 55.2 Å². The minimum absolute atomic E-state index is 0.309. The van der Waals surface area contributed by atoms with E-state index < -0.39 is 0 Å². The van der Waals surface area contributed by atoms with Gasteiger partial charge < -0.3 is 14.6 Å². The van der Waals surface area contributed by atoms with Crippen LogP contribution in [0.2, 0.25) is 0 Å². The molecule has 2 aliphatic heterocycles. The summed E-state index contributed by atoms with van der Waals surface area (Å²) in [5, 5.41) is 11.6. The Morgan fingerprint density at radius 1 is 1.42 bits per heavy atom. The molecule has 0 radical (unpaired) electrons. The Balaban J connectivity index is 1.44. The van der Waals surface area contributed by atoms with Crippen LogP contribution in [0.5, 0.6) is 0 Å². The summed E-state index contributed by atoms with van der Waals surface area (Å²) < 4.78 is 7.94. The van der Waals surface area contributed by atoms with Crippen LogP contribution in [0.3, 0.4) is 0 Å². The molecule has 0 amide bonds. The summed E-state index contributed by atoms with van der Waals surface area (Å²) in [6, 6.07) is 0.678. The molecule has 0 aliphatic carbocycles. The van der Waals surface area contributed by atoms with Crippen LogP contribution < -0.4 is 5.32 Å².